The molecule has 1 aromatic carbocycles. The van der Waals surface area contributed by atoms with E-state index in [9.17, 15) is 18.0 Å². The minimum atomic E-state index is -3.49. The molecule has 1 aliphatic rings. The van der Waals surface area contributed by atoms with Gasteiger partial charge in [0.25, 0.3) is 5.91 Å². The number of amides is 2. The van der Waals surface area contributed by atoms with Gasteiger partial charge in [-0.2, -0.15) is 0 Å². The average molecular weight is 382 g/mol. The van der Waals surface area contributed by atoms with Crippen LogP contribution in [0.1, 0.15) is 37.0 Å². The lowest BCUT2D eigenvalue weighted by Gasteiger charge is -2.31. The molecule has 26 heavy (non-hydrogen) atoms. The summed E-state index contributed by atoms with van der Waals surface area (Å²) in [7, 11) is -2.08. The fourth-order valence-electron chi connectivity index (χ4n) is 2.92. The summed E-state index contributed by atoms with van der Waals surface area (Å²) in [5.41, 5.74) is 0.549. The van der Waals surface area contributed by atoms with Gasteiger partial charge < -0.3 is 15.0 Å². The van der Waals surface area contributed by atoms with Gasteiger partial charge in [-0.25, -0.2) is 8.42 Å². The number of hydrogen-bond acceptors (Lipinski definition) is 5. The molecule has 0 aromatic heterocycles. The third-order valence-electron chi connectivity index (χ3n) is 4.32. The maximum absolute atomic E-state index is 12.6. The summed E-state index contributed by atoms with van der Waals surface area (Å²) < 4.78 is 30.1. The predicted octanol–water partition coefficient (Wildman–Crippen LogP) is 1.24. The second-order valence-corrected chi connectivity index (χ2v) is 8.94. The molecule has 2 amide bonds. The lowest BCUT2D eigenvalue weighted by atomic mass is 10.1. The molecular formula is C18H26N2O5S. The van der Waals surface area contributed by atoms with Crippen LogP contribution in [0.4, 0.5) is 0 Å². The predicted molar refractivity (Wildman–Crippen MR) is 99.0 cm³/mol. The number of piperidine rings is 1. The molecule has 0 bridgehead atoms. The van der Waals surface area contributed by atoms with Gasteiger partial charge in [-0.15, -0.1) is 0 Å². The largest absolute Gasteiger partial charge is 0.491 e. The lowest BCUT2D eigenvalue weighted by molar-refractivity contribution is -0.118. The Kier molecular flexibility index (Phi) is 6.63. The van der Waals surface area contributed by atoms with Gasteiger partial charge in [0.2, 0.25) is 5.91 Å². The molecule has 1 heterocycles. The highest BCUT2D eigenvalue weighted by atomic mass is 32.2. The minimum Gasteiger partial charge on any atom is -0.491 e. The molecule has 1 aromatic rings. The van der Waals surface area contributed by atoms with Gasteiger partial charge in [0, 0.05) is 25.7 Å². The fraction of sp³-hybridized carbons (Fsp3) is 0.556. The van der Waals surface area contributed by atoms with Crippen molar-refractivity contribution in [2.45, 2.75) is 38.0 Å². The van der Waals surface area contributed by atoms with Gasteiger partial charge in [0.15, 0.2) is 9.84 Å². The van der Waals surface area contributed by atoms with Crippen molar-refractivity contribution >= 4 is 21.7 Å². The van der Waals surface area contributed by atoms with Crippen LogP contribution < -0.4 is 10.1 Å². The van der Waals surface area contributed by atoms with E-state index in [0.717, 1.165) is 0 Å². The van der Waals surface area contributed by atoms with E-state index in [2.05, 4.69) is 5.32 Å². The summed E-state index contributed by atoms with van der Waals surface area (Å²) >= 11 is 0. The van der Waals surface area contributed by atoms with Crippen LogP contribution >= 0.6 is 0 Å². The minimum absolute atomic E-state index is 0.0623. The topological polar surface area (TPSA) is 92.8 Å². The molecule has 8 heteroatoms. The number of benzene rings is 1. The molecule has 0 saturated carbocycles. The highest BCUT2D eigenvalue weighted by molar-refractivity contribution is 7.92. The molecule has 0 spiro atoms. The molecule has 7 nitrogen and oxygen atoms in total. The van der Waals surface area contributed by atoms with Crippen LogP contribution in [0.3, 0.4) is 0 Å². The van der Waals surface area contributed by atoms with Crippen molar-refractivity contribution in [1.82, 2.24) is 10.2 Å². The maximum Gasteiger partial charge on any atom is 0.253 e. The smallest absolute Gasteiger partial charge is 0.253 e. The summed E-state index contributed by atoms with van der Waals surface area (Å²) in [6.45, 7) is 4.59. The van der Waals surface area contributed by atoms with E-state index in [1.54, 1.807) is 29.2 Å². The first kappa shape index (κ1) is 20.2. The van der Waals surface area contributed by atoms with Crippen molar-refractivity contribution in [1.29, 1.82) is 0 Å². The van der Waals surface area contributed by atoms with Crippen molar-refractivity contribution in [3.05, 3.63) is 29.8 Å². The number of carbonyl (C=O) groups excluding carboxylic acids is 2. The Morgan fingerprint density at radius 1 is 1.19 bits per heavy atom. The van der Waals surface area contributed by atoms with Gasteiger partial charge in [-0.1, -0.05) is 0 Å². The Balaban J connectivity index is 1.94. The molecule has 0 unspecified atom stereocenters. The molecule has 0 radical (unpaired) electrons. The highest BCUT2D eigenvalue weighted by Crippen LogP contribution is 2.21. The van der Waals surface area contributed by atoms with Gasteiger partial charge >= 0.3 is 0 Å². The van der Waals surface area contributed by atoms with Crippen LogP contribution in [0.2, 0.25) is 0 Å². The summed E-state index contributed by atoms with van der Waals surface area (Å²) in [6, 6.07) is 6.95. The zero-order valence-corrected chi connectivity index (χ0v) is 16.2. The molecule has 2 rings (SSSR count). The Morgan fingerprint density at radius 3 is 2.27 bits per heavy atom. The number of carbonyl (C=O) groups is 2. The molecule has 1 aliphatic heterocycles. The molecule has 1 saturated heterocycles. The zero-order valence-electron chi connectivity index (χ0n) is 15.4. The van der Waals surface area contributed by atoms with Crippen LogP contribution in [0.15, 0.2) is 24.3 Å². The quantitative estimate of drug-likeness (QED) is 0.799. The molecule has 144 valence electrons. The van der Waals surface area contributed by atoms with Crippen LogP contribution in [-0.2, 0) is 14.6 Å². The fourth-order valence-corrected chi connectivity index (χ4v) is 4.60. The van der Waals surface area contributed by atoms with Gasteiger partial charge in [0.1, 0.15) is 11.5 Å². The first-order valence-electron chi connectivity index (χ1n) is 8.71. The first-order chi connectivity index (χ1) is 12.2. The summed E-state index contributed by atoms with van der Waals surface area (Å²) in [5, 5.41) is 1.75. The molecule has 0 aliphatic carbocycles. The van der Waals surface area contributed by atoms with Gasteiger partial charge in [0.05, 0.1) is 11.4 Å². The SMILES string of the molecule is CNC(=O)CS(=O)(=O)C1CCN(C(=O)c2ccc(OC(C)C)cc2)CC1. The van der Waals surface area contributed by atoms with Crippen molar-refractivity contribution in [3.63, 3.8) is 0 Å². The van der Waals surface area contributed by atoms with Crippen molar-refractivity contribution in [2.75, 3.05) is 25.9 Å². The summed E-state index contributed by atoms with van der Waals surface area (Å²) in [5.74, 6) is -0.426. The number of likely N-dealkylation sites (tertiary alicyclic amines) is 1. The highest BCUT2D eigenvalue weighted by Gasteiger charge is 2.33. The molecule has 0 atom stereocenters. The Labute approximate surface area is 154 Å². The normalized spacial score (nSPS) is 15.8. The maximum atomic E-state index is 12.6. The van der Waals surface area contributed by atoms with Crippen molar-refractivity contribution in [2.24, 2.45) is 0 Å². The second-order valence-electron chi connectivity index (χ2n) is 6.66. The number of sulfone groups is 1. The van der Waals surface area contributed by atoms with E-state index in [1.807, 2.05) is 13.8 Å². The third-order valence-corrected chi connectivity index (χ3v) is 6.47. The monoisotopic (exact) mass is 382 g/mol. The summed E-state index contributed by atoms with van der Waals surface area (Å²) in [6.07, 6.45) is 0.756. The third kappa shape index (κ3) is 5.20. The number of rotatable bonds is 6. The Hall–Kier alpha value is -2.09. The molecule has 1 N–H and O–H groups in total. The average Bonchev–Trinajstić information content (AvgIpc) is 2.61. The number of hydrogen-bond donors (Lipinski definition) is 1. The first-order valence-corrected chi connectivity index (χ1v) is 10.4. The van der Waals surface area contributed by atoms with Crippen LogP contribution in [0.25, 0.3) is 0 Å². The van der Waals surface area contributed by atoms with Crippen LogP contribution in [0, 0.1) is 0 Å². The van der Waals surface area contributed by atoms with E-state index < -0.39 is 26.7 Å². The number of nitrogens with one attached hydrogen (secondary N) is 1. The Morgan fingerprint density at radius 2 is 1.77 bits per heavy atom. The van der Waals surface area contributed by atoms with Gasteiger partial charge in [-0.05, 0) is 51.0 Å². The van der Waals surface area contributed by atoms with Gasteiger partial charge in [-0.3, -0.25) is 9.59 Å². The Bertz CT molecular complexity index is 735. The second kappa shape index (κ2) is 8.53. The van der Waals surface area contributed by atoms with E-state index in [0.29, 0.717) is 37.2 Å². The molecule has 1 fully saturated rings. The zero-order chi connectivity index (χ0) is 19.3. The number of nitrogens with zero attached hydrogens (tertiary/aromatic N) is 1. The van der Waals surface area contributed by atoms with Crippen LogP contribution in [-0.4, -0.2) is 62.4 Å². The molecular weight excluding hydrogens is 356 g/mol. The van der Waals surface area contributed by atoms with E-state index in [-0.39, 0.29) is 12.0 Å². The lowest BCUT2D eigenvalue weighted by Crippen LogP contribution is -2.44. The van der Waals surface area contributed by atoms with E-state index in [4.69, 9.17) is 4.74 Å². The van der Waals surface area contributed by atoms with Crippen LogP contribution in [0.5, 0.6) is 5.75 Å². The number of ether oxygens (including phenoxy) is 1. The standard InChI is InChI=1S/C18H26N2O5S/c1-13(2)25-15-6-4-14(5-7-15)18(22)20-10-8-16(9-11-20)26(23,24)12-17(21)19-3/h4-7,13,16H,8-12H2,1-3H3,(H,19,21). The van der Waals surface area contributed by atoms with Crippen molar-refractivity contribution < 1.29 is 22.7 Å². The van der Waals surface area contributed by atoms with Crippen molar-refractivity contribution in [3.8, 4) is 5.75 Å². The van der Waals surface area contributed by atoms with E-state index >= 15 is 0 Å². The summed E-state index contributed by atoms with van der Waals surface area (Å²) in [4.78, 5) is 25.6. The van der Waals surface area contributed by atoms with E-state index in [1.165, 1.54) is 7.05 Å².